The molecule has 1 fully saturated rings. The number of amides is 2. The van der Waals surface area contributed by atoms with Gasteiger partial charge in [-0.25, -0.2) is 8.42 Å². The van der Waals surface area contributed by atoms with E-state index >= 15 is 0 Å². The summed E-state index contributed by atoms with van der Waals surface area (Å²) in [4.78, 5) is 29.4. The highest BCUT2D eigenvalue weighted by Gasteiger charge is 2.39. The molecule has 2 aromatic rings. The molecule has 2 heterocycles. The van der Waals surface area contributed by atoms with Crippen molar-refractivity contribution < 1.29 is 18.0 Å². The molecule has 0 radical (unpaired) electrons. The van der Waals surface area contributed by atoms with Crippen LogP contribution in [0.2, 0.25) is 0 Å². The standard InChI is InChI=1S/C24H27N3O4S/c1-16-9-10-17(2)22(15-16)32(30,31)26-13-11-25(12-14-26)23(28)19(4)27-18(3)20-7-5-6-8-21(20)24(27)29/h5-10,15,19H,3,11-14H2,1-2,4H3/t19-/m0/s1. The number of piperazine rings is 1. The van der Waals surface area contributed by atoms with E-state index in [0.29, 0.717) is 21.7 Å². The normalized spacial score (nSPS) is 18.1. The molecule has 2 aromatic carbocycles. The molecule has 0 aliphatic carbocycles. The first-order valence-corrected chi connectivity index (χ1v) is 12.0. The van der Waals surface area contributed by atoms with Crippen molar-refractivity contribution in [3.8, 4) is 0 Å². The molecular weight excluding hydrogens is 426 g/mol. The number of aryl methyl sites for hydroxylation is 2. The molecule has 0 aromatic heterocycles. The summed E-state index contributed by atoms with van der Waals surface area (Å²) < 4.78 is 27.7. The number of benzene rings is 2. The highest BCUT2D eigenvalue weighted by Crippen LogP contribution is 2.33. The number of fused-ring (bicyclic) bond motifs is 1. The van der Waals surface area contributed by atoms with Gasteiger partial charge in [0.1, 0.15) is 6.04 Å². The fourth-order valence-electron chi connectivity index (χ4n) is 4.36. The monoisotopic (exact) mass is 453 g/mol. The zero-order valence-electron chi connectivity index (χ0n) is 18.5. The molecule has 8 heteroatoms. The van der Waals surface area contributed by atoms with E-state index in [1.807, 2.05) is 31.2 Å². The molecule has 0 N–H and O–H groups in total. The van der Waals surface area contributed by atoms with Gasteiger partial charge in [0.25, 0.3) is 5.91 Å². The Morgan fingerprint density at radius 3 is 2.25 bits per heavy atom. The predicted molar refractivity (Wildman–Crippen MR) is 122 cm³/mol. The van der Waals surface area contributed by atoms with Crippen molar-refractivity contribution in [1.82, 2.24) is 14.1 Å². The van der Waals surface area contributed by atoms with Gasteiger partial charge in [0.05, 0.1) is 4.90 Å². The highest BCUT2D eigenvalue weighted by molar-refractivity contribution is 7.89. The van der Waals surface area contributed by atoms with Crippen molar-refractivity contribution in [3.05, 3.63) is 71.3 Å². The number of hydrogen-bond acceptors (Lipinski definition) is 4. The van der Waals surface area contributed by atoms with Crippen LogP contribution in [0.4, 0.5) is 0 Å². The number of carbonyl (C=O) groups excluding carboxylic acids is 2. The van der Waals surface area contributed by atoms with E-state index < -0.39 is 16.1 Å². The van der Waals surface area contributed by atoms with Crippen molar-refractivity contribution >= 4 is 27.5 Å². The highest BCUT2D eigenvalue weighted by atomic mass is 32.2. The number of carbonyl (C=O) groups is 2. The minimum Gasteiger partial charge on any atom is -0.338 e. The molecule has 0 spiro atoms. The Morgan fingerprint density at radius 2 is 1.62 bits per heavy atom. The van der Waals surface area contributed by atoms with Crippen molar-refractivity contribution in [2.24, 2.45) is 0 Å². The predicted octanol–water partition coefficient (Wildman–Crippen LogP) is 2.65. The second-order valence-corrected chi connectivity index (χ2v) is 10.2. The fraction of sp³-hybridized carbons (Fsp3) is 0.333. The lowest BCUT2D eigenvalue weighted by atomic mass is 10.1. The van der Waals surface area contributed by atoms with Crippen LogP contribution in [0, 0.1) is 13.8 Å². The van der Waals surface area contributed by atoms with E-state index in [2.05, 4.69) is 6.58 Å². The van der Waals surface area contributed by atoms with E-state index in [9.17, 15) is 18.0 Å². The Morgan fingerprint density at radius 1 is 1.00 bits per heavy atom. The first-order chi connectivity index (χ1) is 15.1. The maximum Gasteiger partial charge on any atom is 0.259 e. The molecule has 2 amide bonds. The molecule has 168 valence electrons. The molecule has 0 saturated carbocycles. The Balaban J connectivity index is 1.46. The van der Waals surface area contributed by atoms with Gasteiger partial charge in [-0.3, -0.25) is 14.5 Å². The van der Waals surface area contributed by atoms with E-state index in [-0.39, 0.29) is 38.0 Å². The van der Waals surface area contributed by atoms with Crippen molar-refractivity contribution in [3.63, 3.8) is 0 Å². The topological polar surface area (TPSA) is 78.0 Å². The lowest BCUT2D eigenvalue weighted by Crippen LogP contribution is -2.55. The number of hydrogen-bond donors (Lipinski definition) is 0. The zero-order chi connectivity index (χ0) is 23.2. The van der Waals surface area contributed by atoms with Gasteiger partial charge >= 0.3 is 0 Å². The summed E-state index contributed by atoms with van der Waals surface area (Å²) in [5.41, 5.74) is 3.38. The summed E-state index contributed by atoms with van der Waals surface area (Å²) >= 11 is 0. The largest absolute Gasteiger partial charge is 0.338 e. The molecule has 7 nitrogen and oxygen atoms in total. The Labute approximate surface area is 189 Å². The van der Waals surface area contributed by atoms with Gasteiger partial charge in [0.15, 0.2) is 0 Å². The Bertz CT molecular complexity index is 1180. The van der Waals surface area contributed by atoms with Crippen molar-refractivity contribution in [1.29, 1.82) is 0 Å². The van der Waals surface area contributed by atoms with Crippen molar-refractivity contribution in [2.75, 3.05) is 26.2 Å². The molecule has 32 heavy (non-hydrogen) atoms. The zero-order valence-corrected chi connectivity index (χ0v) is 19.4. The molecule has 0 unspecified atom stereocenters. The molecule has 0 bridgehead atoms. The third kappa shape index (κ3) is 3.63. The summed E-state index contributed by atoms with van der Waals surface area (Å²) in [6, 6.07) is 11.8. The van der Waals surface area contributed by atoms with Gasteiger partial charge < -0.3 is 4.90 Å². The van der Waals surface area contributed by atoms with Gasteiger partial charge in [-0.15, -0.1) is 0 Å². The minimum atomic E-state index is -3.64. The van der Waals surface area contributed by atoms with Crippen LogP contribution in [0.3, 0.4) is 0 Å². The lowest BCUT2D eigenvalue weighted by Gasteiger charge is -2.37. The Kier molecular flexibility index (Phi) is 5.68. The van der Waals surface area contributed by atoms with Crippen LogP contribution in [-0.2, 0) is 14.8 Å². The van der Waals surface area contributed by atoms with Gasteiger partial charge in [0, 0.05) is 43.0 Å². The second kappa shape index (κ2) is 8.18. The fourth-order valence-corrected chi connectivity index (χ4v) is 6.09. The molecular formula is C24H27N3O4S. The molecule has 2 aliphatic heterocycles. The van der Waals surface area contributed by atoms with Gasteiger partial charge in [-0.05, 0) is 44.0 Å². The molecule has 2 aliphatic rings. The average Bonchev–Trinajstić information content (AvgIpc) is 3.04. The van der Waals surface area contributed by atoms with Crippen LogP contribution < -0.4 is 0 Å². The van der Waals surface area contributed by atoms with Crippen LogP contribution in [0.5, 0.6) is 0 Å². The molecule has 4 rings (SSSR count). The van der Waals surface area contributed by atoms with Gasteiger partial charge in [-0.2, -0.15) is 4.31 Å². The van der Waals surface area contributed by atoms with E-state index in [4.69, 9.17) is 0 Å². The van der Waals surface area contributed by atoms with Crippen LogP contribution in [0.1, 0.15) is 34.0 Å². The summed E-state index contributed by atoms with van der Waals surface area (Å²) in [7, 11) is -3.64. The van der Waals surface area contributed by atoms with Crippen LogP contribution >= 0.6 is 0 Å². The van der Waals surface area contributed by atoms with Crippen LogP contribution in [-0.4, -0.2) is 66.6 Å². The summed E-state index contributed by atoms with van der Waals surface area (Å²) in [6.07, 6.45) is 0. The van der Waals surface area contributed by atoms with E-state index in [0.717, 1.165) is 11.1 Å². The van der Waals surface area contributed by atoms with Gasteiger partial charge in [0.2, 0.25) is 15.9 Å². The number of sulfonamides is 1. The van der Waals surface area contributed by atoms with E-state index in [1.54, 1.807) is 36.9 Å². The number of rotatable bonds is 4. The number of nitrogens with zero attached hydrogens (tertiary/aromatic N) is 3. The maximum absolute atomic E-state index is 13.2. The molecule has 1 saturated heterocycles. The quantitative estimate of drug-likeness (QED) is 0.713. The minimum absolute atomic E-state index is 0.212. The first-order valence-electron chi connectivity index (χ1n) is 10.6. The third-order valence-electron chi connectivity index (χ3n) is 6.23. The Hall–Kier alpha value is -2.97. The SMILES string of the molecule is C=C1c2ccccc2C(=O)N1[C@@H](C)C(=O)N1CCN(S(=O)(=O)c2cc(C)ccc2C)CC1. The van der Waals surface area contributed by atoms with Crippen molar-refractivity contribution in [2.45, 2.75) is 31.7 Å². The van der Waals surface area contributed by atoms with Crippen LogP contribution in [0.25, 0.3) is 5.70 Å². The summed E-state index contributed by atoms with van der Waals surface area (Å²) in [5.74, 6) is -0.446. The lowest BCUT2D eigenvalue weighted by molar-refractivity contribution is -0.135. The third-order valence-corrected chi connectivity index (χ3v) is 8.28. The first kappa shape index (κ1) is 22.2. The summed E-state index contributed by atoms with van der Waals surface area (Å²) in [6.45, 7) is 10.3. The van der Waals surface area contributed by atoms with Crippen LogP contribution in [0.15, 0.2) is 53.9 Å². The van der Waals surface area contributed by atoms with Gasteiger partial charge in [-0.1, -0.05) is 36.9 Å². The smallest absolute Gasteiger partial charge is 0.259 e. The molecule has 1 atom stereocenters. The summed E-state index contributed by atoms with van der Waals surface area (Å²) in [5, 5.41) is 0. The van der Waals surface area contributed by atoms with E-state index in [1.165, 1.54) is 9.21 Å². The second-order valence-electron chi connectivity index (χ2n) is 8.34. The maximum atomic E-state index is 13.2. The average molecular weight is 454 g/mol.